The molecule has 0 spiro atoms. The summed E-state index contributed by atoms with van der Waals surface area (Å²) >= 11 is 1.39. The molecule has 0 saturated heterocycles. The zero-order valence-electron chi connectivity index (χ0n) is 16.8. The summed E-state index contributed by atoms with van der Waals surface area (Å²) in [5.41, 5.74) is 6.87. The number of benzene rings is 1. The van der Waals surface area contributed by atoms with Crippen LogP contribution < -0.4 is 21.7 Å². The van der Waals surface area contributed by atoms with E-state index in [9.17, 15) is 19.5 Å². The minimum atomic E-state index is -0.936. The van der Waals surface area contributed by atoms with Gasteiger partial charge in [0.15, 0.2) is 5.13 Å². The van der Waals surface area contributed by atoms with Gasteiger partial charge in [0.25, 0.3) is 0 Å². The quantitative estimate of drug-likeness (QED) is 0.468. The topological polar surface area (TPSA) is 146 Å². The van der Waals surface area contributed by atoms with Gasteiger partial charge < -0.3 is 26.8 Å². The molecule has 9 nitrogen and oxygen atoms in total. The Labute approximate surface area is 178 Å². The number of hydrogen-bond acceptors (Lipinski definition) is 7. The predicted molar refractivity (Wildman–Crippen MR) is 113 cm³/mol. The summed E-state index contributed by atoms with van der Waals surface area (Å²) in [5, 5.41) is 19.1. The zero-order valence-corrected chi connectivity index (χ0v) is 17.6. The number of hydrogen-bond donors (Lipinski definition) is 5. The highest BCUT2D eigenvalue weighted by Gasteiger charge is 2.25. The van der Waals surface area contributed by atoms with E-state index in [1.807, 2.05) is 13.8 Å². The highest BCUT2D eigenvalue weighted by molar-refractivity contribution is 7.15. The van der Waals surface area contributed by atoms with Crippen molar-refractivity contribution in [3.8, 4) is 5.75 Å². The first-order valence-electron chi connectivity index (χ1n) is 9.61. The van der Waals surface area contributed by atoms with Crippen molar-refractivity contribution >= 4 is 34.2 Å². The van der Waals surface area contributed by atoms with Crippen LogP contribution in [0.5, 0.6) is 5.75 Å². The number of carbonyl (C=O) groups is 3. The monoisotopic (exact) mass is 431 g/mol. The molecule has 2 aromatic rings. The number of aromatic hydroxyl groups is 1. The van der Waals surface area contributed by atoms with Crippen LogP contribution in [-0.2, 0) is 27.2 Å². The fourth-order valence-electron chi connectivity index (χ4n) is 3.20. The van der Waals surface area contributed by atoms with Crippen molar-refractivity contribution in [2.45, 2.75) is 38.8 Å². The Balaban J connectivity index is 1.96. The molecular weight excluding hydrogens is 406 g/mol. The van der Waals surface area contributed by atoms with Crippen molar-refractivity contribution < 1.29 is 19.5 Å². The molecule has 4 bridgehead atoms. The van der Waals surface area contributed by atoms with Gasteiger partial charge in [0, 0.05) is 23.9 Å². The molecule has 0 fully saturated rings. The van der Waals surface area contributed by atoms with Gasteiger partial charge in [-0.3, -0.25) is 14.4 Å². The Hall–Kier alpha value is -3.14. The average molecular weight is 432 g/mol. The van der Waals surface area contributed by atoms with Gasteiger partial charge in [-0.15, -0.1) is 11.3 Å². The molecule has 1 aromatic heterocycles. The molecule has 30 heavy (non-hydrogen) atoms. The number of nitrogens with zero attached hydrogens (tertiary/aromatic N) is 1. The SMILES string of the molecule is CC(C)[C@H]1Nc2ncc(s2)Cc2cc(ccc2O)C[C@@H](C(N)=O)NC(=O)CNC1=O. The van der Waals surface area contributed by atoms with Crippen LogP contribution in [0, 0.1) is 5.92 Å². The van der Waals surface area contributed by atoms with E-state index in [1.165, 1.54) is 11.3 Å². The van der Waals surface area contributed by atoms with Crippen molar-refractivity contribution in [2.24, 2.45) is 11.7 Å². The van der Waals surface area contributed by atoms with Crippen molar-refractivity contribution in [2.75, 3.05) is 11.9 Å². The van der Waals surface area contributed by atoms with Crippen LogP contribution in [0.25, 0.3) is 0 Å². The number of phenols is 1. The number of aromatic nitrogens is 1. The number of amides is 3. The molecule has 2 heterocycles. The molecule has 1 aliphatic rings. The summed E-state index contributed by atoms with van der Waals surface area (Å²) in [6.07, 6.45) is 2.31. The van der Waals surface area contributed by atoms with Gasteiger partial charge in [0.2, 0.25) is 17.7 Å². The molecule has 160 valence electrons. The largest absolute Gasteiger partial charge is 0.508 e. The minimum absolute atomic E-state index is 0.0570. The van der Waals surface area contributed by atoms with Gasteiger partial charge in [-0.05, 0) is 23.1 Å². The van der Waals surface area contributed by atoms with Gasteiger partial charge in [0.1, 0.15) is 17.8 Å². The van der Waals surface area contributed by atoms with Crippen molar-refractivity contribution in [1.82, 2.24) is 15.6 Å². The second-order valence-corrected chi connectivity index (χ2v) is 8.70. The lowest BCUT2D eigenvalue weighted by molar-refractivity contribution is -0.129. The maximum absolute atomic E-state index is 12.6. The van der Waals surface area contributed by atoms with E-state index in [1.54, 1.807) is 24.4 Å². The molecule has 0 unspecified atom stereocenters. The van der Waals surface area contributed by atoms with Gasteiger partial charge >= 0.3 is 0 Å². The lowest BCUT2D eigenvalue weighted by Crippen LogP contribution is -2.51. The molecule has 6 N–H and O–H groups in total. The number of thiazole rings is 1. The fraction of sp³-hybridized carbons (Fsp3) is 0.400. The van der Waals surface area contributed by atoms with E-state index in [0.717, 1.165) is 10.4 Å². The number of nitrogens with one attached hydrogen (secondary N) is 3. The summed E-state index contributed by atoms with van der Waals surface area (Å²) < 4.78 is 0. The van der Waals surface area contributed by atoms with Crippen LogP contribution in [-0.4, -0.2) is 46.4 Å². The van der Waals surface area contributed by atoms with Crippen LogP contribution in [0.1, 0.15) is 29.9 Å². The molecule has 1 aromatic carbocycles. The smallest absolute Gasteiger partial charge is 0.243 e. The standard InChI is InChI=1S/C20H25N5O4S/c1-10(2)17-19(29)22-9-16(27)24-14(18(21)28)6-11-3-4-15(26)12(5-11)7-13-8-23-20(25-17)30-13/h3-5,8,10,14,17,26H,6-7,9H2,1-2H3,(H2,21,28)(H,22,29)(H,23,25)(H,24,27)/t14-,17+/m0/s1. The first-order valence-corrected chi connectivity index (χ1v) is 10.4. The first kappa shape index (κ1) is 21.6. The Bertz CT molecular complexity index is 958. The highest BCUT2D eigenvalue weighted by Crippen LogP contribution is 2.27. The van der Waals surface area contributed by atoms with Crippen LogP contribution in [0.3, 0.4) is 0 Å². The molecule has 3 amide bonds. The summed E-state index contributed by atoms with van der Waals surface area (Å²) in [6, 6.07) is 3.50. The van der Waals surface area contributed by atoms with E-state index in [2.05, 4.69) is 20.9 Å². The molecule has 1 aliphatic heterocycles. The minimum Gasteiger partial charge on any atom is -0.508 e. The van der Waals surface area contributed by atoms with Gasteiger partial charge in [-0.2, -0.15) is 0 Å². The molecular formula is C20H25N5O4S. The van der Waals surface area contributed by atoms with Crippen molar-refractivity contribution in [1.29, 1.82) is 0 Å². The number of carbonyl (C=O) groups excluding carboxylic acids is 3. The van der Waals surface area contributed by atoms with Crippen LogP contribution >= 0.6 is 11.3 Å². The van der Waals surface area contributed by atoms with E-state index in [0.29, 0.717) is 17.1 Å². The van der Waals surface area contributed by atoms with Gasteiger partial charge in [-0.25, -0.2) is 4.98 Å². The predicted octanol–water partition coefficient (Wildman–Crippen LogP) is 0.518. The van der Waals surface area contributed by atoms with Crippen LogP contribution in [0.4, 0.5) is 5.13 Å². The lowest BCUT2D eigenvalue weighted by Gasteiger charge is -2.22. The summed E-state index contributed by atoms with van der Waals surface area (Å²) in [5.74, 6) is -1.47. The van der Waals surface area contributed by atoms with Gasteiger partial charge in [0.05, 0.1) is 6.54 Å². The number of nitrogens with two attached hydrogens (primary N) is 1. The maximum atomic E-state index is 12.6. The number of fused-ring (bicyclic) bond motifs is 4. The number of primary amides is 1. The maximum Gasteiger partial charge on any atom is 0.243 e. The van der Waals surface area contributed by atoms with Crippen molar-refractivity contribution in [3.63, 3.8) is 0 Å². The normalized spacial score (nSPS) is 20.2. The number of anilines is 1. The third-order valence-corrected chi connectivity index (χ3v) is 5.76. The Kier molecular flexibility index (Phi) is 6.56. The zero-order chi connectivity index (χ0) is 21.8. The van der Waals surface area contributed by atoms with E-state index >= 15 is 0 Å². The lowest BCUT2D eigenvalue weighted by atomic mass is 10.0. The Morgan fingerprint density at radius 2 is 2.07 bits per heavy atom. The second kappa shape index (κ2) is 9.12. The third kappa shape index (κ3) is 5.26. The van der Waals surface area contributed by atoms with E-state index in [-0.39, 0.29) is 30.5 Å². The molecule has 0 saturated carbocycles. The molecule has 2 atom stereocenters. The first-order chi connectivity index (χ1) is 14.2. The average Bonchev–Trinajstić information content (AvgIpc) is 3.12. The Morgan fingerprint density at radius 1 is 1.30 bits per heavy atom. The summed E-state index contributed by atoms with van der Waals surface area (Å²) in [4.78, 5) is 42.0. The Morgan fingerprint density at radius 3 is 2.77 bits per heavy atom. The van der Waals surface area contributed by atoms with Crippen LogP contribution in [0.2, 0.25) is 0 Å². The van der Waals surface area contributed by atoms with Crippen molar-refractivity contribution in [3.05, 3.63) is 40.4 Å². The second-order valence-electron chi connectivity index (χ2n) is 7.58. The van der Waals surface area contributed by atoms with E-state index < -0.39 is 23.9 Å². The fourth-order valence-corrected chi connectivity index (χ4v) is 4.07. The third-order valence-electron chi connectivity index (χ3n) is 4.83. The van der Waals surface area contributed by atoms with Crippen LogP contribution in [0.15, 0.2) is 24.4 Å². The van der Waals surface area contributed by atoms with Gasteiger partial charge in [-0.1, -0.05) is 26.0 Å². The molecule has 10 heteroatoms. The summed E-state index contributed by atoms with van der Waals surface area (Å²) in [7, 11) is 0. The number of rotatable bonds is 2. The molecule has 0 radical (unpaired) electrons. The molecule has 0 aliphatic carbocycles. The number of phenolic OH excluding ortho intramolecular Hbond substituents is 1. The molecule has 3 rings (SSSR count). The summed E-state index contributed by atoms with van der Waals surface area (Å²) in [6.45, 7) is 3.49. The van der Waals surface area contributed by atoms with E-state index in [4.69, 9.17) is 5.73 Å². The highest BCUT2D eigenvalue weighted by atomic mass is 32.1.